The number of benzene rings is 2. The first-order chi connectivity index (χ1) is 17.3. The molecule has 0 aromatic heterocycles. The Bertz CT molecular complexity index is 1200. The summed E-state index contributed by atoms with van der Waals surface area (Å²) in [7, 11) is -3.73. The third kappa shape index (κ3) is 6.11. The standard InChI is InChI=1S/C25H30ClN3O6S/c1-2-28(17-24(30)27-16-18-3-5-20(26)6-4-18)25(31)19-9-11-29(12-10-19)36(32,33)21-7-8-22-23(15-21)35-14-13-34-22/h3-8,15,19H,2,9-14,16-17H2,1H3,(H,27,30). The molecular formula is C25H30ClN3O6S. The van der Waals surface area contributed by atoms with Crippen LogP contribution in [0.25, 0.3) is 0 Å². The van der Waals surface area contributed by atoms with Crippen molar-refractivity contribution >= 4 is 33.4 Å². The van der Waals surface area contributed by atoms with E-state index in [9.17, 15) is 18.0 Å². The molecule has 0 bridgehead atoms. The Hall–Kier alpha value is -2.82. The molecule has 2 aromatic carbocycles. The van der Waals surface area contributed by atoms with Crippen LogP contribution < -0.4 is 14.8 Å². The molecule has 0 unspecified atom stereocenters. The first kappa shape index (κ1) is 26.2. The lowest BCUT2D eigenvalue weighted by Crippen LogP contribution is -2.47. The number of hydrogen-bond donors (Lipinski definition) is 1. The minimum Gasteiger partial charge on any atom is -0.486 e. The number of fused-ring (bicyclic) bond motifs is 1. The van der Waals surface area contributed by atoms with E-state index >= 15 is 0 Å². The Kier molecular flexibility index (Phi) is 8.38. The van der Waals surface area contributed by atoms with Gasteiger partial charge in [-0.3, -0.25) is 9.59 Å². The highest BCUT2D eigenvalue weighted by Crippen LogP contribution is 2.34. The van der Waals surface area contributed by atoms with Crippen LogP contribution in [0.5, 0.6) is 11.5 Å². The molecule has 0 radical (unpaired) electrons. The van der Waals surface area contributed by atoms with E-state index in [0.717, 1.165) is 5.56 Å². The van der Waals surface area contributed by atoms with Gasteiger partial charge in [0.25, 0.3) is 0 Å². The summed E-state index contributed by atoms with van der Waals surface area (Å²) >= 11 is 5.88. The van der Waals surface area contributed by atoms with E-state index in [1.165, 1.54) is 21.3 Å². The van der Waals surface area contributed by atoms with E-state index in [0.29, 0.717) is 55.7 Å². The fourth-order valence-electron chi connectivity index (χ4n) is 4.31. The number of carbonyl (C=O) groups excluding carboxylic acids is 2. The summed E-state index contributed by atoms with van der Waals surface area (Å²) < 4.78 is 38.7. The number of carbonyl (C=O) groups is 2. The van der Waals surface area contributed by atoms with Crippen LogP contribution in [0.1, 0.15) is 25.3 Å². The number of ether oxygens (including phenoxy) is 2. The van der Waals surface area contributed by atoms with Gasteiger partial charge in [-0.15, -0.1) is 0 Å². The second-order valence-corrected chi connectivity index (χ2v) is 11.1. The van der Waals surface area contributed by atoms with Gasteiger partial charge in [0, 0.05) is 43.2 Å². The average Bonchev–Trinajstić information content (AvgIpc) is 2.90. The number of nitrogens with zero attached hydrogens (tertiary/aromatic N) is 2. The zero-order valence-electron chi connectivity index (χ0n) is 20.1. The van der Waals surface area contributed by atoms with E-state index in [1.54, 1.807) is 18.2 Å². The van der Waals surface area contributed by atoms with E-state index in [-0.39, 0.29) is 42.3 Å². The molecule has 11 heteroatoms. The number of halogens is 1. The molecule has 36 heavy (non-hydrogen) atoms. The molecule has 2 aliphatic rings. The molecule has 2 aromatic rings. The Balaban J connectivity index is 1.30. The molecular weight excluding hydrogens is 506 g/mol. The van der Waals surface area contributed by atoms with Gasteiger partial charge in [0.15, 0.2) is 11.5 Å². The van der Waals surface area contributed by atoms with Crippen molar-refractivity contribution in [3.8, 4) is 11.5 Å². The van der Waals surface area contributed by atoms with Crippen molar-refractivity contribution in [2.24, 2.45) is 5.92 Å². The van der Waals surface area contributed by atoms with Crippen molar-refractivity contribution in [3.05, 3.63) is 53.1 Å². The number of likely N-dealkylation sites (N-methyl/N-ethyl adjacent to an activating group) is 1. The Labute approximate surface area is 216 Å². The maximum atomic E-state index is 13.2. The molecule has 194 valence electrons. The van der Waals surface area contributed by atoms with Gasteiger partial charge in [0.05, 0.1) is 11.4 Å². The summed E-state index contributed by atoms with van der Waals surface area (Å²) in [4.78, 5) is 27.2. The number of sulfonamides is 1. The Morgan fingerprint density at radius 1 is 1.06 bits per heavy atom. The van der Waals surface area contributed by atoms with Gasteiger partial charge in [-0.05, 0) is 49.6 Å². The van der Waals surface area contributed by atoms with Crippen molar-refractivity contribution in [1.82, 2.24) is 14.5 Å². The van der Waals surface area contributed by atoms with Crippen molar-refractivity contribution in [2.75, 3.05) is 39.4 Å². The van der Waals surface area contributed by atoms with Crippen LogP contribution in [0.2, 0.25) is 5.02 Å². The maximum Gasteiger partial charge on any atom is 0.243 e. The molecule has 1 saturated heterocycles. The molecule has 0 atom stereocenters. The molecule has 0 aliphatic carbocycles. The van der Waals surface area contributed by atoms with Crippen LogP contribution in [0.4, 0.5) is 0 Å². The summed E-state index contributed by atoms with van der Waals surface area (Å²) in [5, 5.41) is 3.45. The monoisotopic (exact) mass is 535 g/mol. The highest BCUT2D eigenvalue weighted by molar-refractivity contribution is 7.89. The molecule has 1 N–H and O–H groups in total. The van der Waals surface area contributed by atoms with Crippen LogP contribution in [-0.4, -0.2) is 68.8 Å². The molecule has 0 saturated carbocycles. The van der Waals surface area contributed by atoms with Gasteiger partial charge in [-0.1, -0.05) is 23.7 Å². The molecule has 1 fully saturated rings. The second kappa shape index (κ2) is 11.5. The van der Waals surface area contributed by atoms with Crippen LogP contribution in [0.3, 0.4) is 0 Å². The van der Waals surface area contributed by atoms with Crippen molar-refractivity contribution in [2.45, 2.75) is 31.2 Å². The maximum absolute atomic E-state index is 13.2. The molecule has 4 rings (SSSR count). The average molecular weight is 536 g/mol. The zero-order chi connectivity index (χ0) is 25.7. The summed E-state index contributed by atoms with van der Waals surface area (Å²) in [5.74, 6) is 0.233. The predicted octanol–water partition coefficient (Wildman–Crippen LogP) is 2.68. The van der Waals surface area contributed by atoms with Gasteiger partial charge >= 0.3 is 0 Å². The predicted molar refractivity (Wildman–Crippen MR) is 134 cm³/mol. The number of hydrogen-bond acceptors (Lipinski definition) is 6. The largest absolute Gasteiger partial charge is 0.486 e. The summed E-state index contributed by atoms with van der Waals surface area (Å²) in [6.45, 7) is 3.78. The first-order valence-electron chi connectivity index (χ1n) is 12.0. The summed E-state index contributed by atoms with van der Waals surface area (Å²) in [5.41, 5.74) is 0.911. The van der Waals surface area contributed by atoms with Crippen LogP contribution in [0.15, 0.2) is 47.4 Å². The number of nitrogens with one attached hydrogen (secondary N) is 1. The van der Waals surface area contributed by atoms with Crippen molar-refractivity contribution in [1.29, 1.82) is 0 Å². The van der Waals surface area contributed by atoms with Gasteiger partial charge in [-0.25, -0.2) is 8.42 Å². The molecule has 2 aliphatic heterocycles. The van der Waals surface area contributed by atoms with E-state index < -0.39 is 10.0 Å². The van der Waals surface area contributed by atoms with E-state index in [1.807, 2.05) is 19.1 Å². The normalized spacial score (nSPS) is 16.4. The molecule has 0 spiro atoms. The van der Waals surface area contributed by atoms with Crippen LogP contribution in [0, 0.1) is 5.92 Å². The number of amides is 2. The SMILES string of the molecule is CCN(CC(=O)NCc1ccc(Cl)cc1)C(=O)C1CCN(S(=O)(=O)c2ccc3c(c2)OCCO3)CC1. The quantitative estimate of drug-likeness (QED) is 0.557. The molecule has 2 amide bonds. The van der Waals surface area contributed by atoms with Gasteiger partial charge in [0.2, 0.25) is 21.8 Å². The lowest BCUT2D eigenvalue weighted by atomic mass is 9.96. The Morgan fingerprint density at radius 3 is 2.39 bits per heavy atom. The number of piperidine rings is 1. The fourth-order valence-corrected chi connectivity index (χ4v) is 5.92. The lowest BCUT2D eigenvalue weighted by Gasteiger charge is -2.33. The number of rotatable bonds is 8. The third-order valence-electron chi connectivity index (χ3n) is 6.39. The highest BCUT2D eigenvalue weighted by atomic mass is 35.5. The van der Waals surface area contributed by atoms with Crippen LogP contribution >= 0.6 is 11.6 Å². The minimum atomic E-state index is -3.73. The fraction of sp³-hybridized carbons (Fsp3) is 0.440. The van der Waals surface area contributed by atoms with Gasteiger partial charge in [0.1, 0.15) is 13.2 Å². The van der Waals surface area contributed by atoms with E-state index in [2.05, 4.69) is 5.32 Å². The first-order valence-corrected chi connectivity index (χ1v) is 13.8. The minimum absolute atomic E-state index is 0.0430. The third-order valence-corrected chi connectivity index (χ3v) is 8.53. The van der Waals surface area contributed by atoms with E-state index in [4.69, 9.17) is 21.1 Å². The summed E-state index contributed by atoms with van der Waals surface area (Å²) in [6, 6.07) is 11.8. The van der Waals surface area contributed by atoms with Crippen molar-refractivity contribution < 1.29 is 27.5 Å². The Morgan fingerprint density at radius 2 is 1.72 bits per heavy atom. The second-order valence-electron chi connectivity index (χ2n) is 8.74. The summed E-state index contributed by atoms with van der Waals surface area (Å²) in [6.07, 6.45) is 0.789. The molecule has 2 heterocycles. The van der Waals surface area contributed by atoms with Gasteiger partial charge < -0.3 is 19.7 Å². The van der Waals surface area contributed by atoms with Gasteiger partial charge in [-0.2, -0.15) is 4.31 Å². The topological polar surface area (TPSA) is 105 Å². The van der Waals surface area contributed by atoms with Crippen LogP contribution in [-0.2, 0) is 26.2 Å². The highest BCUT2D eigenvalue weighted by Gasteiger charge is 2.34. The lowest BCUT2D eigenvalue weighted by molar-refractivity contribution is -0.140. The molecule has 9 nitrogen and oxygen atoms in total. The van der Waals surface area contributed by atoms with Crippen molar-refractivity contribution in [3.63, 3.8) is 0 Å². The smallest absolute Gasteiger partial charge is 0.243 e. The zero-order valence-corrected chi connectivity index (χ0v) is 21.7.